The lowest BCUT2D eigenvalue weighted by Gasteiger charge is -2.15. The topological polar surface area (TPSA) is 101 Å². The summed E-state index contributed by atoms with van der Waals surface area (Å²) < 4.78 is 13.0. The van der Waals surface area contributed by atoms with Crippen LogP contribution in [0.1, 0.15) is 15.9 Å². The number of primary amides is 1. The van der Waals surface area contributed by atoms with E-state index in [-0.39, 0.29) is 18.3 Å². The van der Waals surface area contributed by atoms with Crippen LogP contribution in [0.25, 0.3) is 10.9 Å². The van der Waals surface area contributed by atoms with E-state index in [9.17, 15) is 14.0 Å². The Bertz CT molecular complexity index is 905. The van der Waals surface area contributed by atoms with Crippen LogP contribution in [0, 0.1) is 11.7 Å². The molecule has 1 heterocycles. The van der Waals surface area contributed by atoms with Crippen molar-refractivity contribution in [3.05, 3.63) is 65.6 Å². The molecule has 0 aliphatic carbocycles. The average Bonchev–Trinajstić information content (AvgIpc) is 3.08. The Morgan fingerprint density at radius 2 is 1.96 bits per heavy atom. The van der Waals surface area contributed by atoms with Gasteiger partial charge in [-0.05, 0) is 30.2 Å². The molecule has 0 saturated carbocycles. The summed E-state index contributed by atoms with van der Waals surface area (Å²) in [4.78, 5) is 24.1. The number of nitrogens with one attached hydrogen (secondary N) is 2. The average molecular weight is 340 g/mol. The molecular weight excluding hydrogens is 323 g/mol. The van der Waals surface area contributed by atoms with Crippen molar-refractivity contribution in [2.75, 3.05) is 6.54 Å². The number of aromatic nitrogens is 2. The zero-order valence-electron chi connectivity index (χ0n) is 13.3. The molecule has 6 nitrogen and oxygen atoms in total. The maximum atomic E-state index is 13.0. The number of para-hydroxylation sites is 1. The number of nitrogens with zero attached hydrogens (tertiary/aromatic N) is 1. The van der Waals surface area contributed by atoms with Gasteiger partial charge in [-0.1, -0.05) is 24.3 Å². The van der Waals surface area contributed by atoms with E-state index in [0.29, 0.717) is 17.5 Å². The van der Waals surface area contributed by atoms with Gasteiger partial charge in [0, 0.05) is 11.9 Å². The molecule has 1 unspecified atom stereocenters. The lowest BCUT2D eigenvalue weighted by Crippen LogP contribution is -2.37. The Labute approximate surface area is 143 Å². The van der Waals surface area contributed by atoms with Gasteiger partial charge in [0.05, 0.1) is 23.2 Å². The second kappa shape index (κ2) is 7.12. The van der Waals surface area contributed by atoms with Crippen molar-refractivity contribution in [3.8, 4) is 0 Å². The lowest BCUT2D eigenvalue weighted by molar-refractivity contribution is -0.121. The minimum atomic E-state index is -0.588. The number of carbonyl (C=O) groups excluding carboxylic acids is 2. The summed E-state index contributed by atoms with van der Waals surface area (Å²) in [5.74, 6) is -1.78. The zero-order chi connectivity index (χ0) is 17.8. The molecule has 0 fully saturated rings. The van der Waals surface area contributed by atoms with Crippen LogP contribution in [-0.2, 0) is 11.2 Å². The molecule has 0 aliphatic heterocycles. The van der Waals surface area contributed by atoms with Crippen LogP contribution in [0.2, 0.25) is 0 Å². The number of hydrogen-bond acceptors (Lipinski definition) is 3. The first-order valence-electron chi connectivity index (χ1n) is 7.78. The zero-order valence-corrected chi connectivity index (χ0v) is 13.3. The number of benzene rings is 2. The molecule has 0 aliphatic rings. The third-order valence-corrected chi connectivity index (χ3v) is 4.03. The van der Waals surface area contributed by atoms with E-state index >= 15 is 0 Å². The maximum Gasteiger partial charge on any atom is 0.253 e. The molecule has 0 spiro atoms. The Hall–Kier alpha value is -3.22. The first-order chi connectivity index (χ1) is 12.0. The van der Waals surface area contributed by atoms with Crippen molar-refractivity contribution in [2.45, 2.75) is 6.42 Å². The van der Waals surface area contributed by atoms with Crippen LogP contribution < -0.4 is 11.1 Å². The van der Waals surface area contributed by atoms with Crippen LogP contribution in [-0.4, -0.2) is 28.6 Å². The lowest BCUT2D eigenvalue weighted by atomic mass is 9.98. The molecule has 128 valence electrons. The Morgan fingerprint density at radius 1 is 1.20 bits per heavy atom. The van der Waals surface area contributed by atoms with Crippen LogP contribution in [0.5, 0.6) is 0 Å². The van der Waals surface area contributed by atoms with Crippen LogP contribution in [0.4, 0.5) is 4.39 Å². The van der Waals surface area contributed by atoms with Gasteiger partial charge in [-0.25, -0.2) is 4.39 Å². The Morgan fingerprint density at radius 3 is 2.68 bits per heavy atom. The fourth-order valence-electron chi connectivity index (χ4n) is 2.65. The number of fused-ring (bicyclic) bond motifs is 1. The molecule has 3 aromatic rings. The second-order valence-electron chi connectivity index (χ2n) is 5.78. The molecule has 7 heteroatoms. The van der Waals surface area contributed by atoms with Gasteiger partial charge >= 0.3 is 0 Å². The van der Waals surface area contributed by atoms with E-state index < -0.39 is 11.8 Å². The standard InChI is InChI=1S/C18H17FN4O2/c19-14-6-4-11(5-7-14)8-13(17(20)24)9-21-18(25)15-3-1-2-12-10-22-23-16(12)15/h1-7,10,13H,8-9H2,(H2,20,24)(H,21,25)(H,22,23). The van der Waals surface area contributed by atoms with Crippen molar-refractivity contribution >= 4 is 22.7 Å². The first-order valence-corrected chi connectivity index (χ1v) is 7.78. The summed E-state index contributed by atoms with van der Waals surface area (Å²) in [6.45, 7) is 0.0933. The van der Waals surface area contributed by atoms with Gasteiger partial charge in [0.2, 0.25) is 5.91 Å². The van der Waals surface area contributed by atoms with Gasteiger partial charge in [0.15, 0.2) is 0 Å². The molecule has 2 aromatic carbocycles. The van der Waals surface area contributed by atoms with E-state index in [2.05, 4.69) is 15.5 Å². The van der Waals surface area contributed by atoms with Crippen molar-refractivity contribution in [1.82, 2.24) is 15.5 Å². The number of carbonyl (C=O) groups is 2. The third-order valence-electron chi connectivity index (χ3n) is 4.03. The van der Waals surface area contributed by atoms with Crippen molar-refractivity contribution < 1.29 is 14.0 Å². The van der Waals surface area contributed by atoms with Crippen molar-refractivity contribution in [1.29, 1.82) is 0 Å². The van der Waals surface area contributed by atoms with E-state index in [0.717, 1.165) is 10.9 Å². The Kier molecular flexibility index (Phi) is 4.74. The number of hydrogen-bond donors (Lipinski definition) is 3. The van der Waals surface area contributed by atoms with E-state index in [1.807, 2.05) is 6.07 Å². The van der Waals surface area contributed by atoms with Crippen LogP contribution in [0.15, 0.2) is 48.7 Å². The van der Waals surface area contributed by atoms with E-state index in [4.69, 9.17) is 5.73 Å². The highest BCUT2D eigenvalue weighted by molar-refractivity contribution is 6.05. The molecular formula is C18H17FN4O2. The molecule has 2 amide bonds. The highest BCUT2D eigenvalue weighted by Crippen LogP contribution is 2.16. The fourth-order valence-corrected chi connectivity index (χ4v) is 2.65. The Balaban J connectivity index is 1.69. The minimum absolute atomic E-state index is 0.0933. The highest BCUT2D eigenvalue weighted by atomic mass is 19.1. The van der Waals surface area contributed by atoms with Gasteiger partial charge in [-0.15, -0.1) is 0 Å². The molecule has 1 atom stereocenters. The van der Waals surface area contributed by atoms with E-state index in [1.54, 1.807) is 30.5 Å². The molecule has 4 N–H and O–H groups in total. The first kappa shape index (κ1) is 16.6. The van der Waals surface area contributed by atoms with Gasteiger partial charge in [-0.3, -0.25) is 14.7 Å². The number of amides is 2. The van der Waals surface area contributed by atoms with Crippen LogP contribution >= 0.6 is 0 Å². The number of nitrogens with two attached hydrogens (primary N) is 1. The predicted octanol–water partition coefficient (Wildman–Crippen LogP) is 1.78. The largest absolute Gasteiger partial charge is 0.369 e. The molecule has 0 radical (unpaired) electrons. The van der Waals surface area contributed by atoms with Gasteiger partial charge in [0.1, 0.15) is 5.82 Å². The SMILES string of the molecule is NC(=O)C(CNC(=O)c1cccc2cn[nH]c12)Cc1ccc(F)cc1. The summed E-state index contributed by atoms with van der Waals surface area (Å²) in [6.07, 6.45) is 1.96. The normalized spacial score (nSPS) is 12.0. The van der Waals surface area contributed by atoms with Gasteiger partial charge < -0.3 is 11.1 Å². The third kappa shape index (κ3) is 3.82. The summed E-state index contributed by atoms with van der Waals surface area (Å²) in [6, 6.07) is 11.1. The van der Waals surface area contributed by atoms with Gasteiger partial charge in [0.25, 0.3) is 5.91 Å². The van der Waals surface area contributed by atoms with Crippen molar-refractivity contribution in [3.63, 3.8) is 0 Å². The van der Waals surface area contributed by atoms with Gasteiger partial charge in [-0.2, -0.15) is 5.10 Å². The maximum absolute atomic E-state index is 13.0. The summed E-state index contributed by atoms with van der Waals surface area (Å²) in [7, 11) is 0. The quantitative estimate of drug-likeness (QED) is 0.637. The minimum Gasteiger partial charge on any atom is -0.369 e. The number of H-pyrrole nitrogens is 1. The fraction of sp³-hybridized carbons (Fsp3) is 0.167. The number of aromatic amines is 1. The van der Waals surface area contributed by atoms with E-state index in [1.165, 1.54) is 12.1 Å². The summed E-state index contributed by atoms with van der Waals surface area (Å²) in [5.41, 5.74) is 7.28. The highest BCUT2D eigenvalue weighted by Gasteiger charge is 2.19. The molecule has 25 heavy (non-hydrogen) atoms. The monoisotopic (exact) mass is 340 g/mol. The molecule has 0 bridgehead atoms. The number of halogens is 1. The van der Waals surface area contributed by atoms with Crippen LogP contribution in [0.3, 0.4) is 0 Å². The summed E-state index contributed by atoms with van der Waals surface area (Å²) >= 11 is 0. The molecule has 0 saturated heterocycles. The summed E-state index contributed by atoms with van der Waals surface area (Å²) in [5, 5.41) is 10.3. The molecule has 3 rings (SSSR count). The van der Waals surface area contributed by atoms with Crippen molar-refractivity contribution in [2.24, 2.45) is 11.7 Å². The predicted molar refractivity (Wildman–Crippen MR) is 91.2 cm³/mol. The molecule has 1 aromatic heterocycles. The smallest absolute Gasteiger partial charge is 0.253 e. The number of rotatable bonds is 6. The second-order valence-corrected chi connectivity index (χ2v) is 5.78.